The van der Waals surface area contributed by atoms with Crippen LogP contribution >= 0.6 is 0 Å². The van der Waals surface area contributed by atoms with Gasteiger partial charge in [0.25, 0.3) is 0 Å². The van der Waals surface area contributed by atoms with Crippen molar-refractivity contribution >= 4 is 0 Å². The lowest BCUT2D eigenvalue weighted by Gasteiger charge is -2.37. The molecule has 3 heterocycles. The van der Waals surface area contributed by atoms with Gasteiger partial charge in [-0.2, -0.15) is 15.2 Å². The van der Waals surface area contributed by atoms with Crippen LogP contribution in [0.4, 0.5) is 0 Å². The molecule has 0 aliphatic carbocycles. The topological polar surface area (TPSA) is 129 Å². The number of nitriles is 1. The monoisotopic (exact) mass is 418 g/mol. The molecular weight excluding hydrogens is 396 g/mol. The Kier molecular flexibility index (Phi) is 5.75. The number of nitrogens with two attached hydrogens (primary N) is 1. The summed E-state index contributed by atoms with van der Waals surface area (Å²) in [6.07, 6.45) is 3.33. The first-order valence-corrected chi connectivity index (χ1v) is 9.78. The number of rotatable bonds is 7. The minimum absolute atomic E-state index is 0.0127. The van der Waals surface area contributed by atoms with Crippen molar-refractivity contribution in [1.82, 2.24) is 19.9 Å². The molecule has 0 unspecified atom stereocenters. The van der Waals surface area contributed by atoms with E-state index < -0.39 is 0 Å². The molecular formula is C22H22N6O3. The maximum absolute atomic E-state index is 9.31. The van der Waals surface area contributed by atoms with Gasteiger partial charge in [-0.25, -0.2) is 9.97 Å². The van der Waals surface area contributed by atoms with Crippen molar-refractivity contribution < 1.29 is 14.2 Å². The molecule has 0 radical (unpaired) electrons. The highest BCUT2D eigenvalue weighted by molar-refractivity contribution is 5.66. The van der Waals surface area contributed by atoms with Crippen molar-refractivity contribution in [3.63, 3.8) is 0 Å². The fourth-order valence-electron chi connectivity index (χ4n) is 3.00. The number of aryl methyl sites for hydroxylation is 1. The Bertz CT molecular complexity index is 1120. The molecule has 0 bridgehead atoms. The summed E-state index contributed by atoms with van der Waals surface area (Å²) in [5, 5.41) is 9.31. The highest BCUT2D eigenvalue weighted by Crippen LogP contribution is 2.33. The number of aromatic nitrogens is 4. The van der Waals surface area contributed by atoms with E-state index in [1.807, 2.05) is 0 Å². The van der Waals surface area contributed by atoms with Gasteiger partial charge in [0.15, 0.2) is 5.82 Å². The molecule has 3 aromatic rings. The van der Waals surface area contributed by atoms with Gasteiger partial charge < -0.3 is 19.9 Å². The Balaban J connectivity index is 1.62. The molecule has 1 aromatic carbocycles. The maximum Gasteiger partial charge on any atom is 0.226 e. The molecule has 2 aromatic heterocycles. The summed E-state index contributed by atoms with van der Waals surface area (Å²) in [4.78, 5) is 17.4. The normalized spacial score (nSPS) is 14.4. The molecule has 9 heteroatoms. The second kappa shape index (κ2) is 8.63. The molecule has 1 fully saturated rings. The van der Waals surface area contributed by atoms with Crippen LogP contribution in [-0.4, -0.2) is 39.8 Å². The van der Waals surface area contributed by atoms with Gasteiger partial charge >= 0.3 is 0 Å². The minimum Gasteiger partial charge on any atom is -0.477 e. The molecule has 1 aliphatic heterocycles. The van der Waals surface area contributed by atoms with Gasteiger partial charge in [0.2, 0.25) is 11.8 Å². The second-order valence-corrected chi connectivity index (χ2v) is 7.73. The van der Waals surface area contributed by atoms with Crippen LogP contribution in [0.25, 0.3) is 11.4 Å². The fraction of sp³-hybridized carbons (Fsp3) is 0.318. The number of hydrogen-bond acceptors (Lipinski definition) is 9. The predicted octanol–water partition coefficient (Wildman–Crippen LogP) is 2.78. The maximum atomic E-state index is 9.31. The van der Waals surface area contributed by atoms with E-state index in [0.29, 0.717) is 66.7 Å². The van der Waals surface area contributed by atoms with Gasteiger partial charge in [-0.15, -0.1) is 0 Å². The third-order valence-electron chi connectivity index (χ3n) is 4.77. The first kappa shape index (κ1) is 20.7. The van der Waals surface area contributed by atoms with E-state index >= 15 is 0 Å². The second-order valence-electron chi connectivity index (χ2n) is 7.73. The Morgan fingerprint density at radius 1 is 1.16 bits per heavy atom. The van der Waals surface area contributed by atoms with E-state index in [2.05, 4.69) is 32.9 Å². The van der Waals surface area contributed by atoms with Crippen LogP contribution in [0.5, 0.6) is 17.5 Å². The van der Waals surface area contributed by atoms with Crippen LogP contribution in [-0.2, 0) is 11.3 Å². The van der Waals surface area contributed by atoms with Gasteiger partial charge in [-0.3, -0.25) is 0 Å². The van der Waals surface area contributed by atoms with Crippen molar-refractivity contribution in [1.29, 1.82) is 5.26 Å². The first-order valence-electron chi connectivity index (χ1n) is 9.78. The molecule has 4 rings (SSSR count). The SMILES string of the molecule is Cc1nc(OCC2(C)COC2)cc(Oc2cc(C#N)ccc2-c2ncc(CN)cn2)n1. The van der Waals surface area contributed by atoms with Crippen LogP contribution in [0.15, 0.2) is 36.7 Å². The van der Waals surface area contributed by atoms with E-state index in [-0.39, 0.29) is 5.41 Å². The Hall–Kier alpha value is -3.61. The Morgan fingerprint density at radius 3 is 2.55 bits per heavy atom. The van der Waals surface area contributed by atoms with Gasteiger partial charge in [0.05, 0.1) is 43.1 Å². The number of hydrogen-bond donors (Lipinski definition) is 1. The third-order valence-corrected chi connectivity index (χ3v) is 4.77. The smallest absolute Gasteiger partial charge is 0.226 e. The zero-order chi connectivity index (χ0) is 21.8. The number of nitrogens with zero attached hydrogens (tertiary/aromatic N) is 5. The lowest BCUT2D eigenvalue weighted by atomic mass is 9.90. The van der Waals surface area contributed by atoms with Crippen LogP contribution in [0, 0.1) is 23.7 Å². The number of benzene rings is 1. The summed E-state index contributed by atoms with van der Waals surface area (Å²) in [5.41, 5.74) is 7.50. The Morgan fingerprint density at radius 2 is 1.90 bits per heavy atom. The summed E-state index contributed by atoms with van der Waals surface area (Å²) >= 11 is 0. The summed E-state index contributed by atoms with van der Waals surface area (Å²) in [6, 6.07) is 8.79. The summed E-state index contributed by atoms with van der Waals surface area (Å²) < 4.78 is 17.2. The molecule has 0 atom stereocenters. The average molecular weight is 418 g/mol. The zero-order valence-electron chi connectivity index (χ0n) is 17.3. The van der Waals surface area contributed by atoms with Crippen molar-refractivity contribution in [3.8, 4) is 35.0 Å². The van der Waals surface area contributed by atoms with Crippen LogP contribution in [0.2, 0.25) is 0 Å². The van der Waals surface area contributed by atoms with Gasteiger partial charge in [-0.1, -0.05) is 6.92 Å². The molecule has 1 aliphatic rings. The first-order chi connectivity index (χ1) is 15.0. The minimum atomic E-state index is -0.0127. The van der Waals surface area contributed by atoms with Crippen LogP contribution < -0.4 is 15.2 Å². The predicted molar refractivity (Wildman–Crippen MR) is 111 cm³/mol. The summed E-state index contributed by atoms with van der Waals surface area (Å²) in [6.45, 7) is 6.01. The third kappa shape index (κ3) is 4.77. The van der Waals surface area contributed by atoms with Gasteiger partial charge in [-0.05, 0) is 25.1 Å². The van der Waals surface area contributed by atoms with Crippen LogP contribution in [0.3, 0.4) is 0 Å². The molecule has 0 amide bonds. The largest absolute Gasteiger partial charge is 0.477 e. The van der Waals surface area contributed by atoms with Crippen molar-refractivity contribution in [2.45, 2.75) is 20.4 Å². The van der Waals surface area contributed by atoms with E-state index in [1.54, 1.807) is 43.6 Å². The van der Waals surface area contributed by atoms with Crippen molar-refractivity contribution in [3.05, 3.63) is 53.6 Å². The lowest BCUT2D eigenvalue weighted by Crippen LogP contribution is -2.44. The van der Waals surface area contributed by atoms with Crippen molar-refractivity contribution in [2.75, 3.05) is 19.8 Å². The zero-order valence-corrected chi connectivity index (χ0v) is 17.3. The lowest BCUT2D eigenvalue weighted by molar-refractivity contribution is -0.120. The van der Waals surface area contributed by atoms with Crippen LogP contribution in [0.1, 0.15) is 23.9 Å². The molecule has 0 saturated carbocycles. The fourth-order valence-corrected chi connectivity index (χ4v) is 3.00. The quantitative estimate of drug-likeness (QED) is 0.615. The van der Waals surface area contributed by atoms with E-state index in [0.717, 1.165) is 5.56 Å². The molecule has 1 saturated heterocycles. The highest BCUT2D eigenvalue weighted by atomic mass is 16.5. The highest BCUT2D eigenvalue weighted by Gasteiger charge is 2.34. The summed E-state index contributed by atoms with van der Waals surface area (Å²) in [5.74, 6) is 2.08. The molecule has 2 N–H and O–H groups in total. The van der Waals surface area contributed by atoms with E-state index in [4.69, 9.17) is 19.9 Å². The van der Waals surface area contributed by atoms with E-state index in [9.17, 15) is 5.26 Å². The molecule has 0 spiro atoms. The molecule has 31 heavy (non-hydrogen) atoms. The molecule has 158 valence electrons. The Labute approximate surface area is 179 Å². The van der Waals surface area contributed by atoms with E-state index in [1.165, 1.54) is 0 Å². The van der Waals surface area contributed by atoms with Gasteiger partial charge in [0, 0.05) is 29.9 Å². The standard InChI is InChI=1S/C22H22N6O3/c1-14-27-19(30-13-22(2)11-29-12-22)6-20(28-14)31-18-5-15(7-23)3-4-17(18)21-25-9-16(8-24)10-26-21/h3-6,9-10H,8,11-13,24H2,1-2H3. The molecule has 9 nitrogen and oxygen atoms in total. The summed E-state index contributed by atoms with van der Waals surface area (Å²) in [7, 11) is 0. The van der Waals surface area contributed by atoms with Crippen molar-refractivity contribution in [2.24, 2.45) is 11.1 Å². The van der Waals surface area contributed by atoms with Gasteiger partial charge in [0.1, 0.15) is 11.6 Å². The number of ether oxygens (including phenoxy) is 3. The average Bonchev–Trinajstić information content (AvgIpc) is 2.76.